The molecule has 3 aliphatic heterocycles. The van der Waals surface area contributed by atoms with E-state index in [1.54, 1.807) is 11.1 Å². The predicted molar refractivity (Wildman–Crippen MR) is 263 cm³/mol. The molecule has 5 atom stereocenters. The molecule has 15 rings (SSSR count). The molecule has 0 N–H and O–H groups in total. The van der Waals surface area contributed by atoms with Gasteiger partial charge in [0.25, 0.3) is 6.71 Å². The Hall–Kier alpha value is -6.78. The number of rotatable bonds is 3. The molecule has 3 saturated carbocycles. The van der Waals surface area contributed by atoms with Gasteiger partial charge in [-0.3, -0.25) is 0 Å². The molecule has 5 unspecified atom stereocenters. The lowest BCUT2D eigenvalue weighted by Crippen LogP contribution is -2.64. The van der Waals surface area contributed by atoms with E-state index in [4.69, 9.17) is 0 Å². The van der Waals surface area contributed by atoms with Crippen LogP contribution in [0, 0.1) is 23.7 Å². The molecule has 4 heteroatoms. The largest absolute Gasteiger partial charge is 0.311 e. The first-order chi connectivity index (χ1) is 31.3. The van der Waals surface area contributed by atoms with Crippen molar-refractivity contribution in [2.24, 2.45) is 23.7 Å². The van der Waals surface area contributed by atoms with Gasteiger partial charge in [-0.1, -0.05) is 122 Å². The first-order valence-corrected chi connectivity index (χ1v) is 23.5. The molecule has 3 fully saturated rings. The van der Waals surface area contributed by atoms with Crippen molar-refractivity contribution in [1.29, 1.82) is 0 Å². The van der Waals surface area contributed by atoms with E-state index in [0.717, 1.165) is 17.8 Å². The molecule has 0 amide bonds. The van der Waals surface area contributed by atoms with E-state index >= 15 is 0 Å². The fourth-order valence-electron chi connectivity index (χ4n) is 14.7. The maximum Gasteiger partial charge on any atom is 0.252 e. The summed E-state index contributed by atoms with van der Waals surface area (Å²) in [5.41, 5.74) is 21.6. The third-order valence-electron chi connectivity index (χ3n) is 16.9. The van der Waals surface area contributed by atoms with Gasteiger partial charge in [0.05, 0.1) is 16.7 Å². The number of benzene rings is 8. The monoisotopic (exact) mass is 807 g/mol. The zero-order valence-electron chi connectivity index (χ0n) is 35.3. The second-order valence-corrected chi connectivity index (χ2v) is 19.5. The Morgan fingerprint density at radius 1 is 0.460 bits per heavy atom. The third-order valence-corrected chi connectivity index (χ3v) is 16.9. The molecule has 0 saturated heterocycles. The molecule has 6 aliphatic rings. The fourth-order valence-corrected chi connectivity index (χ4v) is 14.7. The van der Waals surface area contributed by atoms with Gasteiger partial charge in [-0.2, -0.15) is 0 Å². The molecular weight excluding hydrogens is 761 g/mol. The van der Waals surface area contributed by atoms with E-state index < -0.39 is 0 Å². The average molecular weight is 808 g/mol. The van der Waals surface area contributed by atoms with Crippen LogP contribution in [0.5, 0.6) is 0 Å². The van der Waals surface area contributed by atoms with Crippen LogP contribution < -0.4 is 26.2 Å². The van der Waals surface area contributed by atoms with E-state index in [0.29, 0.717) is 5.92 Å². The van der Waals surface area contributed by atoms with Gasteiger partial charge < -0.3 is 14.4 Å². The van der Waals surface area contributed by atoms with Crippen molar-refractivity contribution in [3.8, 4) is 16.8 Å². The zero-order valence-corrected chi connectivity index (χ0v) is 35.3. The Morgan fingerprint density at radius 2 is 1.14 bits per heavy atom. The number of hydrogen-bond donors (Lipinski definition) is 0. The minimum atomic E-state index is 0.0769. The highest BCUT2D eigenvalue weighted by Gasteiger charge is 2.62. The van der Waals surface area contributed by atoms with Crippen molar-refractivity contribution in [3.05, 3.63) is 193 Å². The van der Waals surface area contributed by atoms with Gasteiger partial charge >= 0.3 is 0 Å². The Kier molecular flexibility index (Phi) is 6.99. The molecule has 8 aromatic carbocycles. The molecular formula is C59H46BN3. The van der Waals surface area contributed by atoms with Crippen LogP contribution in [-0.2, 0) is 5.41 Å². The summed E-state index contributed by atoms with van der Waals surface area (Å²) in [7, 11) is 0. The van der Waals surface area contributed by atoms with E-state index in [-0.39, 0.29) is 12.1 Å². The molecule has 3 nitrogen and oxygen atoms in total. The maximum absolute atomic E-state index is 2.72. The zero-order chi connectivity index (χ0) is 41.0. The van der Waals surface area contributed by atoms with Crippen LogP contribution in [0.25, 0.3) is 38.6 Å². The summed E-state index contributed by atoms with van der Waals surface area (Å²) in [6, 6.07) is 69.4. The topological polar surface area (TPSA) is 11.4 Å². The van der Waals surface area contributed by atoms with Gasteiger partial charge in [-0.05, 0) is 161 Å². The van der Waals surface area contributed by atoms with Crippen molar-refractivity contribution in [2.45, 2.75) is 43.9 Å². The van der Waals surface area contributed by atoms with Crippen molar-refractivity contribution < 1.29 is 0 Å². The van der Waals surface area contributed by atoms with Gasteiger partial charge in [0.1, 0.15) is 0 Å². The fraction of sp³-hybridized carbons (Fsp3) is 0.186. The quantitative estimate of drug-likeness (QED) is 0.165. The maximum atomic E-state index is 2.72. The van der Waals surface area contributed by atoms with Crippen LogP contribution in [-0.4, -0.2) is 11.3 Å². The highest BCUT2D eigenvalue weighted by molar-refractivity contribution is 7.00. The molecule has 9 aromatic rings. The summed E-state index contributed by atoms with van der Waals surface area (Å²) < 4.78 is 2.40. The molecule has 4 heterocycles. The van der Waals surface area contributed by atoms with Crippen LogP contribution in [0.4, 0.5) is 34.1 Å². The average Bonchev–Trinajstić information content (AvgIpc) is 3.67. The Morgan fingerprint density at radius 3 is 2.08 bits per heavy atom. The van der Waals surface area contributed by atoms with Gasteiger partial charge in [-0.25, -0.2) is 0 Å². The van der Waals surface area contributed by atoms with Crippen molar-refractivity contribution in [1.82, 2.24) is 4.57 Å². The smallest absolute Gasteiger partial charge is 0.252 e. The van der Waals surface area contributed by atoms with Gasteiger partial charge in [0, 0.05) is 50.3 Å². The molecule has 1 spiro atoms. The number of anilines is 6. The van der Waals surface area contributed by atoms with Crippen molar-refractivity contribution in [3.63, 3.8) is 0 Å². The normalized spacial score (nSPS) is 23.1. The van der Waals surface area contributed by atoms with E-state index in [1.165, 1.54) is 128 Å². The summed E-state index contributed by atoms with van der Waals surface area (Å²) in [5.74, 6) is 3.14. The summed E-state index contributed by atoms with van der Waals surface area (Å²) in [5, 5.41) is 2.54. The second-order valence-electron chi connectivity index (χ2n) is 19.5. The Bertz CT molecular complexity index is 3380. The number of para-hydroxylation sites is 5. The summed E-state index contributed by atoms with van der Waals surface area (Å²) >= 11 is 0. The number of nitrogens with zero attached hydrogens (tertiary/aromatic N) is 3. The van der Waals surface area contributed by atoms with Gasteiger partial charge in [0.2, 0.25) is 0 Å². The van der Waals surface area contributed by atoms with E-state index in [2.05, 4.69) is 196 Å². The van der Waals surface area contributed by atoms with Crippen LogP contribution in [0.15, 0.2) is 182 Å². The second kappa shape index (κ2) is 12.7. The van der Waals surface area contributed by atoms with Gasteiger partial charge in [0.15, 0.2) is 0 Å². The highest BCUT2D eigenvalue weighted by atomic mass is 15.2. The Labute approximate surface area is 369 Å². The number of hydrogen-bond acceptors (Lipinski definition) is 2. The molecule has 3 aliphatic carbocycles. The first kappa shape index (κ1) is 34.8. The minimum absolute atomic E-state index is 0.0769. The van der Waals surface area contributed by atoms with E-state index in [1.807, 2.05) is 0 Å². The summed E-state index contributed by atoms with van der Waals surface area (Å²) in [6.45, 7) is 0.143. The first-order valence-electron chi connectivity index (χ1n) is 23.5. The van der Waals surface area contributed by atoms with Crippen LogP contribution in [0.3, 0.4) is 0 Å². The summed E-state index contributed by atoms with van der Waals surface area (Å²) in [6.07, 6.45) is 8.41. The SMILES string of the molecule is c1ccc(-n2c3ccccc3c3cc(-c4cccc(N5c6ccccc6B6c7cccc8c7N(c7ccccc7C87C8CCC9CCC(C8)CC97)c7cccc5c76)c4)ccc32)cc1. The predicted octanol–water partition coefficient (Wildman–Crippen LogP) is 13.0. The third kappa shape index (κ3) is 4.46. The lowest BCUT2D eigenvalue weighted by atomic mass is 9.32. The minimum Gasteiger partial charge on any atom is -0.311 e. The van der Waals surface area contributed by atoms with Crippen LogP contribution >= 0.6 is 0 Å². The molecule has 1 aromatic heterocycles. The molecule has 300 valence electrons. The van der Waals surface area contributed by atoms with Crippen LogP contribution in [0.2, 0.25) is 0 Å². The van der Waals surface area contributed by atoms with Gasteiger partial charge in [-0.15, -0.1) is 0 Å². The lowest BCUT2D eigenvalue weighted by molar-refractivity contribution is -0.0341. The Balaban J connectivity index is 0.915. The van der Waals surface area contributed by atoms with Crippen LogP contribution in [0.1, 0.15) is 49.7 Å². The molecule has 0 radical (unpaired) electrons. The standard InChI is InChI=1S/C59H46BN3/c1-2-14-42(15-3-1)61-51-22-7-4-17-44(51)45-36-40(30-32-52(45)61)39-13-10-16-43(35-39)62-54-24-9-6-20-49(54)60-50-21-11-19-47-58(50)63(56-26-12-25-55(62)57(56)60)53-23-8-5-18-46(53)59(47)41-31-29-38-28-27-37(33-41)34-48(38)59/h1-26,30,32,35-38,41,48H,27-29,31,33-34H2. The lowest BCUT2D eigenvalue weighted by Gasteiger charge is -2.64. The number of aromatic nitrogens is 1. The molecule has 3 bridgehead atoms. The van der Waals surface area contributed by atoms with Crippen molar-refractivity contribution in [2.75, 3.05) is 9.80 Å². The highest BCUT2D eigenvalue weighted by Crippen LogP contribution is 2.69. The number of fused-ring (bicyclic) bond motifs is 10. The molecule has 63 heavy (non-hydrogen) atoms. The van der Waals surface area contributed by atoms with Crippen molar-refractivity contribution >= 4 is 79.0 Å². The summed E-state index contributed by atoms with van der Waals surface area (Å²) in [4.78, 5) is 5.27. The van der Waals surface area contributed by atoms with E-state index in [9.17, 15) is 0 Å².